The van der Waals surface area contributed by atoms with Gasteiger partial charge in [-0.3, -0.25) is 43.9 Å². The Kier molecular flexibility index (Phi) is 19.3. The second-order valence-corrected chi connectivity index (χ2v) is 18.5. The maximum atomic E-state index is 13.5. The molecule has 5 aliphatic heterocycles. The van der Waals surface area contributed by atoms with Crippen LogP contribution in [0.5, 0.6) is 0 Å². The van der Waals surface area contributed by atoms with Gasteiger partial charge in [0.05, 0.1) is 46.5 Å². The van der Waals surface area contributed by atoms with Crippen molar-refractivity contribution < 1.29 is 74.0 Å². The number of carboxylic acids is 4. The fourth-order valence-electron chi connectivity index (χ4n) is 8.82. The van der Waals surface area contributed by atoms with Crippen molar-refractivity contribution in [2.24, 2.45) is 15.0 Å². The maximum Gasteiger partial charge on any atom is 0.488 e. The van der Waals surface area contributed by atoms with Gasteiger partial charge in [-0.15, -0.1) is 0 Å². The third-order valence-corrected chi connectivity index (χ3v) is 13.0. The number of carbonyl (C=O) groups excluding carboxylic acids is 3. The van der Waals surface area contributed by atoms with Gasteiger partial charge in [0.25, 0.3) is 0 Å². The van der Waals surface area contributed by atoms with E-state index in [9.17, 15) is 69.1 Å². The zero-order valence-corrected chi connectivity index (χ0v) is 43.2. The molecule has 0 saturated carbocycles. The largest absolute Gasteiger partial charge is 0.488 e. The quantitative estimate of drug-likeness (QED) is 0.0290. The summed E-state index contributed by atoms with van der Waals surface area (Å²) in [5.74, 6) is -7.46. The lowest BCUT2D eigenvalue weighted by atomic mass is 9.80. The average molecular weight is 1070 g/mol. The van der Waals surface area contributed by atoms with Crippen molar-refractivity contribution in [1.82, 2.24) is 25.9 Å². The molecule has 8 bridgehead atoms. The highest BCUT2D eigenvalue weighted by molar-refractivity contribution is 6.58. The molecule has 6 rings (SSSR count). The lowest BCUT2D eigenvalue weighted by Gasteiger charge is -2.21. The Morgan fingerprint density at radius 3 is 1.85 bits per heavy atom. The number of fused-ring (bicyclic) bond motifs is 5. The highest BCUT2D eigenvalue weighted by Gasteiger charge is 2.39. The minimum Gasteiger partial charge on any atom is -0.480 e. The number of amides is 3. The molecule has 78 heavy (non-hydrogen) atoms. The Bertz CT molecular complexity index is 3090. The highest BCUT2D eigenvalue weighted by Crippen LogP contribution is 2.40. The van der Waals surface area contributed by atoms with Gasteiger partial charge in [0.2, 0.25) is 17.7 Å². The van der Waals surface area contributed by atoms with E-state index in [1.807, 2.05) is 6.92 Å². The summed E-state index contributed by atoms with van der Waals surface area (Å²) >= 11 is 0. The van der Waals surface area contributed by atoms with Crippen LogP contribution in [0, 0.1) is 0 Å². The predicted molar refractivity (Wildman–Crippen MR) is 287 cm³/mol. The molecule has 5 heterocycles. The first-order chi connectivity index (χ1) is 37.0. The summed E-state index contributed by atoms with van der Waals surface area (Å²) < 4.78 is 0. The number of rotatable bonds is 25. The molecule has 408 valence electrons. The molecular weight excluding hydrogens is 1010 g/mol. The third-order valence-electron chi connectivity index (χ3n) is 13.0. The number of aliphatic hydroxyl groups is 1. The van der Waals surface area contributed by atoms with Gasteiger partial charge in [0.15, 0.2) is 0 Å². The molecule has 0 radical (unpaired) electrons. The third kappa shape index (κ3) is 14.8. The van der Waals surface area contributed by atoms with Gasteiger partial charge in [-0.2, -0.15) is 0 Å². The first-order valence-electron chi connectivity index (χ1n) is 24.5. The fraction of sp³-hybridized carbons (Fsp3) is 0.296. The predicted octanol–water partition coefficient (Wildman–Crippen LogP) is 2.13. The number of hydrogen-bond donors (Lipinski definition) is 10. The van der Waals surface area contributed by atoms with Crippen LogP contribution in [0.1, 0.15) is 65.4 Å². The molecule has 5 aliphatic rings. The number of nitrogens with one attached hydrogen (secondary N) is 3. The van der Waals surface area contributed by atoms with E-state index in [1.54, 1.807) is 75.4 Å². The molecule has 1 unspecified atom stereocenters. The summed E-state index contributed by atoms with van der Waals surface area (Å²) in [5, 5.41) is 74.9. The Balaban J connectivity index is 1.35. The zero-order valence-electron chi connectivity index (χ0n) is 43.2. The summed E-state index contributed by atoms with van der Waals surface area (Å²) in [6.45, 7) is 8.00. The first kappa shape index (κ1) is 58.4. The van der Waals surface area contributed by atoms with Gasteiger partial charge in [-0.05, 0) is 122 Å². The van der Waals surface area contributed by atoms with E-state index in [4.69, 9.17) is 19.8 Å². The van der Waals surface area contributed by atoms with Crippen molar-refractivity contribution in [3.63, 3.8) is 0 Å². The van der Waals surface area contributed by atoms with Crippen LogP contribution in [0.2, 0.25) is 0 Å². The van der Waals surface area contributed by atoms with Crippen LogP contribution in [-0.2, 0) is 38.4 Å². The van der Waals surface area contributed by atoms with Gasteiger partial charge in [0, 0.05) is 48.5 Å². The number of benzene rings is 1. The second kappa shape index (κ2) is 25.8. The highest BCUT2D eigenvalue weighted by atomic mass is 16.6. The van der Waals surface area contributed by atoms with Gasteiger partial charge >= 0.3 is 31.0 Å². The van der Waals surface area contributed by atoms with Crippen LogP contribution in [-0.4, -0.2) is 156 Å². The number of hydrogen-bond acceptors (Lipinski definition) is 16. The topological polar surface area (TPSA) is 350 Å². The molecule has 1 aromatic carbocycles. The minimum absolute atomic E-state index is 0.0212. The standard InChI is InChI=1S/C54H59BN8O15/c1-6-35-30(2)39-22-40-31(3)36(13-16-48(65)62(26-50(67)68)27-51(69)70)42(58-40)24-43-37(14-17-49(66)63(28-52(71)72)29-53(73)74)32(4)41(59-43)23-45-38(54(5,75)46(61-45)25-44(35)60-39)18-20-57-78-21-7-19-56-47(64)15-10-33-8-11-34(12-9-33)55(76)77/h6,8-12,15,18,20,22-25,57,61,75-77H,1,7,13-14,16-17,19,21,26-29H2,2-5H3,(H,56,64)(H,67,68)(H,69,70)(H,71,72)(H,73,74)/b15-10+,20-18+,39-22?,41-23?,42-24?,46-25?. The van der Waals surface area contributed by atoms with Gasteiger partial charge in [-0.1, -0.05) is 36.9 Å². The SMILES string of the molecule is C=CC1=C(C)C2=CC3=NC(=CC4=NC(=CC5=C(/C=C/NOCCCNC(=O)/C=C/c6ccc(B(O)O)cc6)C(C)(O)C(=CC1=N2)N5)C(C)=C4CCC(=O)N(CC(=O)O)CC(=O)O)C(CCC(=O)N(CC(=O)O)CC(=O)O)=C3C. The van der Waals surface area contributed by atoms with Crippen LogP contribution in [0.15, 0.2) is 162 Å². The van der Waals surface area contributed by atoms with Crippen LogP contribution >= 0.6 is 0 Å². The average Bonchev–Trinajstić information content (AvgIpc) is 4.07. The zero-order chi connectivity index (χ0) is 57.0. The van der Waals surface area contributed by atoms with Gasteiger partial charge in [-0.25, -0.2) is 15.0 Å². The molecule has 0 spiro atoms. The molecule has 24 heteroatoms. The number of nitrogens with zero attached hydrogens (tertiary/aromatic N) is 5. The van der Waals surface area contributed by atoms with E-state index < -0.39 is 74.6 Å². The molecule has 3 amide bonds. The Morgan fingerprint density at radius 1 is 0.718 bits per heavy atom. The van der Waals surface area contributed by atoms with Gasteiger partial charge < -0.3 is 56.0 Å². The number of hydroxylamine groups is 1. The fourth-order valence-corrected chi connectivity index (χ4v) is 8.82. The van der Waals surface area contributed by atoms with E-state index in [0.717, 1.165) is 10.5 Å². The summed E-state index contributed by atoms with van der Waals surface area (Å²) in [7, 11) is -1.60. The van der Waals surface area contributed by atoms with E-state index in [0.29, 0.717) is 101 Å². The normalized spacial score (nSPS) is 17.8. The summed E-state index contributed by atoms with van der Waals surface area (Å²) in [6, 6.07) is 6.36. The van der Waals surface area contributed by atoms with E-state index in [2.05, 4.69) is 22.7 Å². The summed E-state index contributed by atoms with van der Waals surface area (Å²) in [6.07, 6.45) is 14.1. The molecule has 0 aromatic heterocycles. The number of allylic oxidation sites excluding steroid dienone is 11. The van der Waals surface area contributed by atoms with Crippen molar-refractivity contribution in [2.45, 2.75) is 65.4 Å². The second-order valence-electron chi connectivity index (χ2n) is 18.5. The number of carbonyl (C=O) groups is 7. The first-order valence-corrected chi connectivity index (χ1v) is 24.5. The lowest BCUT2D eigenvalue weighted by molar-refractivity contribution is -0.149. The Hall–Kier alpha value is -8.84. The summed E-state index contributed by atoms with van der Waals surface area (Å²) in [4.78, 5) is 108. The van der Waals surface area contributed by atoms with E-state index in [1.165, 1.54) is 24.4 Å². The number of aliphatic carboxylic acids is 4. The molecule has 0 fully saturated rings. The van der Waals surface area contributed by atoms with Crippen molar-refractivity contribution in [3.05, 3.63) is 153 Å². The van der Waals surface area contributed by atoms with Crippen LogP contribution < -0.4 is 21.6 Å². The van der Waals surface area contributed by atoms with Crippen LogP contribution in [0.4, 0.5) is 0 Å². The lowest BCUT2D eigenvalue weighted by Crippen LogP contribution is -2.39. The number of carboxylic acid groups (broad SMARTS) is 4. The van der Waals surface area contributed by atoms with Crippen LogP contribution in [0.3, 0.4) is 0 Å². The monoisotopic (exact) mass is 1070 g/mol. The molecular formula is C54H59BN8O15. The molecule has 0 aliphatic carbocycles. The molecule has 10 N–H and O–H groups in total. The van der Waals surface area contributed by atoms with E-state index in [-0.39, 0.29) is 44.7 Å². The van der Waals surface area contributed by atoms with Crippen molar-refractivity contribution in [2.75, 3.05) is 39.3 Å². The van der Waals surface area contributed by atoms with Crippen molar-refractivity contribution in [1.29, 1.82) is 0 Å². The Morgan fingerprint density at radius 2 is 1.27 bits per heavy atom. The molecule has 1 atom stereocenters. The minimum atomic E-state index is -1.70. The number of aliphatic imine (C=N–C) groups is 3. The Labute approximate surface area is 448 Å². The molecule has 0 saturated heterocycles. The summed E-state index contributed by atoms with van der Waals surface area (Å²) in [5.41, 5.74) is 9.01. The smallest absolute Gasteiger partial charge is 0.480 e. The maximum absolute atomic E-state index is 13.5. The van der Waals surface area contributed by atoms with Crippen molar-refractivity contribution >= 4 is 77.4 Å². The van der Waals surface area contributed by atoms with Gasteiger partial charge in [0.1, 0.15) is 31.8 Å². The van der Waals surface area contributed by atoms with Crippen molar-refractivity contribution in [3.8, 4) is 0 Å². The van der Waals surface area contributed by atoms with Crippen LogP contribution in [0.25, 0.3) is 6.08 Å². The molecule has 23 nitrogen and oxygen atoms in total. The molecule has 1 aromatic rings. The van der Waals surface area contributed by atoms with E-state index >= 15 is 0 Å².